The van der Waals surface area contributed by atoms with Crippen LogP contribution in [0.4, 0.5) is 22.0 Å². The maximum absolute atomic E-state index is 12.5. The van der Waals surface area contributed by atoms with Crippen molar-refractivity contribution in [1.82, 2.24) is 0 Å². The Morgan fingerprint density at radius 1 is 0.941 bits per heavy atom. The molecule has 0 amide bonds. The maximum Gasteiger partial charge on any atom is 0.455 e. The number of methoxy groups -OCH3 is 1. The first-order valence-electron chi connectivity index (χ1n) is 5.09. The Balaban J connectivity index is 4.22. The smallest absolute Gasteiger partial charge is 0.384 e. The molecule has 0 saturated carbocycles. The molecule has 0 fully saturated rings. The van der Waals surface area contributed by atoms with E-state index in [9.17, 15) is 22.0 Å². The number of rotatable bonds is 7. The normalized spacial score (nSPS) is 16.9. The first-order valence-corrected chi connectivity index (χ1v) is 5.09. The van der Waals surface area contributed by atoms with Gasteiger partial charge in [-0.2, -0.15) is 22.0 Å². The van der Waals surface area contributed by atoms with Gasteiger partial charge in [-0.25, -0.2) is 0 Å². The third-order valence-corrected chi connectivity index (χ3v) is 2.49. The van der Waals surface area contributed by atoms with E-state index < -0.39 is 24.1 Å². The minimum atomic E-state index is -5.57. The molecule has 1 atom stereocenters. The molecule has 0 saturated heterocycles. The van der Waals surface area contributed by atoms with Gasteiger partial charge in [-0.15, -0.1) is 0 Å². The van der Waals surface area contributed by atoms with Crippen molar-refractivity contribution in [3.05, 3.63) is 0 Å². The van der Waals surface area contributed by atoms with Crippen LogP contribution in [0.25, 0.3) is 0 Å². The summed E-state index contributed by atoms with van der Waals surface area (Å²) in [5.41, 5.74) is -0.559. The highest BCUT2D eigenvalue weighted by Gasteiger charge is 2.57. The molecule has 0 aromatic rings. The lowest BCUT2D eigenvalue weighted by Gasteiger charge is -2.28. The molecular formula is C10H17F5O2. The minimum absolute atomic E-state index is 0.205. The SMILES string of the molecule is CCC(C)(COC)COCC(F)(F)C(F)(F)F. The molecule has 1 unspecified atom stereocenters. The van der Waals surface area contributed by atoms with Gasteiger partial charge in [-0.1, -0.05) is 13.8 Å². The second-order valence-corrected chi connectivity index (χ2v) is 4.29. The summed E-state index contributed by atoms with van der Waals surface area (Å²) < 4.78 is 69.9. The van der Waals surface area contributed by atoms with Crippen LogP contribution >= 0.6 is 0 Å². The van der Waals surface area contributed by atoms with Crippen LogP contribution in [0.15, 0.2) is 0 Å². The van der Waals surface area contributed by atoms with E-state index >= 15 is 0 Å². The molecule has 0 radical (unpaired) electrons. The molecule has 0 N–H and O–H groups in total. The summed E-state index contributed by atoms with van der Waals surface area (Å²) in [6.07, 6.45) is -5.02. The molecule has 0 aliphatic carbocycles. The van der Waals surface area contributed by atoms with E-state index in [1.165, 1.54) is 7.11 Å². The number of alkyl halides is 5. The molecule has 0 spiro atoms. The van der Waals surface area contributed by atoms with Gasteiger partial charge < -0.3 is 9.47 Å². The Hall–Kier alpha value is -0.430. The maximum atomic E-state index is 12.5. The lowest BCUT2D eigenvalue weighted by atomic mass is 9.90. The van der Waals surface area contributed by atoms with E-state index in [1.807, 2.05) is 0 Å². The molecule has 0 aliphatic rings. The molecule has 0 heterocycles. The Labute approximate surface area is 97.1 Å². The van der Waals surface area contributed by atoms with Crippen molar-refractivity contribution < 1.29 is 31.4 Å². The first-order chi connectivity index (χ1) is 7.58. The van der Waals surface area contributed by atoms with Gasteiger partial charge in [0.2, 0.25) is 0 Å². The van der Waals surface area contributed by atoms with Gasteiger partial charge in [0.1, 0.15) is 6.61 Å². The Morgan fingerprint density at radius 3 is 1.82 bits per heavy atom. The largest absolute Gasteiger partial charge is 0.455 e. The first kappa shape index (κ1) is 16.6. The molecule has 0 rings (SSSR count). The number of hydrogen-bond acceptors (Lipinski definition) is 2. The van der Waals surface area contributed by atoms with Crippen LogP contribution in [0.5, 0.6) is 0 Å². The van der Waals surface area contributed by atoms with Crippen LogP contribution in [0.3, 0.4) is 0 Å². The zero-order valence-corrected chi connectivity index (χ0v) is 10.0. The van der Waals surface area contributed by atoms with E-state index in [4.69, 9.17) is 4.74 Å². The highest BCUT2D eigenvalue weighted by molar-refractivity contribution is 4.77. The van der Waals surface area contributed by atoms with Crippen LogP contribution in [-0.2, 0) is 9.47 Å². The average Bonchev–Trinajstić information content (AvgIpc) is 2.16. The summed E-state index contributed by atoms with van der Waals surface area (Å²) in [6.45, 7) is 1.85. The zero-order chi connectivity index (χ0) is 13.7. The standard InChI is InChI=1S/C10H17F5O2/c1-4-8(2,5-16-3)6-17-7-9(11,12)10(13,14)15/h4-7H2,1-3H3. The Morgan fingerprint density at radius 2 is 1.47 bits per heavy atom. The monoisotopic (exact) mass is 264 g/mol. The summed E-state index contributed by atoms with van der Waals surface area (Å²) in [5, 5.41) is 0. The van der Waals surface area contributed by atoms with Gasteiger partial charge in [-0.05, 0) is 6.42 Å². The Kier molecular flexibility index (Phi) is 5.80. The van der Waals surface area contributed by atoms with E-state index in [1.54, 1.807) is 13.8 Å². The molecule has 17 heavy (non-hydrogen) atoms. The van der Waals surface area contributed by atoms with Crippen LogP contribution in [-0.4, -0.2) is 39.0 Å². The molecule has 2 nitrogen and oxygen atoms in total. The predicted molar refractivity (Wildman–Crippen MR) is 52.1 cm³/mol. The lowest BCUT2D eigenvalue weighted by Crippen LogP contribution is -2.42. The highest BCUT2D eigenvalue weighted by Crippen LogP contribution is 2.36. The average molecular weight is 264 g/mol. The lowest BCUT2D eigenvalue weighted by molar-refractivity contribution is -0.298. The fourth-order valence-electron chi connectivity index (χ4n) is 1.10. The van der Waals surface area contributed by atoms with Crippen molar-refractivity contribution in [2.75, 3.05) is 26.9 Å². The van der Waals surface area contributed by atoms with Gasteiger partial charge in [0.15, 0.2) is 0 Å². The summed E-state index contributed by atoms with van der Waals surface area (Å²) in [5.74, 6) is -4.81. The van der Waals surface area contributed by atoms with Gasteiger partial charge >= 0.3 is 12.1 Å². The van der Waals surface area contributed by atoms with E-state index in [0.717, 1.165) is 0 Å². The van der Waals surface area contributed by atoms with Gasteiger partial charge in [-0.3, -0.25) is 0 Å². The quantitative estimate of drug-likeness (QED) is 0.657. The van der Waals surface area contributed by atoms with Crippen LogP contribution in [0, 0.1) is 5.41 Å². The number of hydrogen-bond donors (Lipinski definition) is 0. The molecule has 0 aromatic heterocycles. The second-order valence-electron chi connectivity index (χ2n) is 4.29. The van der Waals surface area contributed by atoms with Crippen molar-refractivity contribution in [3.63, 3.8) is 0 Å². The van der Waals surface area contributed by atoms with Crippen LogP contribution < -0.4 is 0 Å². The van der Waals surface area contributed by atoms with Gasteiger partial charge in [0, 0.05) is 12.5 Å². The summed E-state index contributed by atoms with van der Waals surface area (Å²) in [4.78, 5) is 0. The number of ether oxygens (including phenoxy) is 2. The highest BCUT2D eigenvalue weighted by atomic mass is 19.4. The van der Waals surface area contributed by atoms with E-state index in [-0.39, 0.29) is 13.2 Å². The molecular weight excluding hydrogens is 247 g/mol. The molecule has 0 aliphatic heterocycles. The summed E-state index contributed by atoms with van der Waals surface area (Å²) in [6, 6.07) is 0. The molecule has 104 valence electrons. The van der Waals surface area contributed by atoms with Crippen molar-refractivity contribution in [1.29, 1.82) is 0 Å². The van der Waals surface area contributed by atoms with Crippen molar-refractivity contribution in [3.8, 4) is 0 Å². The van der Waals surface area contributed by atoms with Crippen molar-refractivity contribution in [2.24, 2.45) is 5.41 Å². The third-order valence-electron chi connectivity index (χ3n) is 2.49. The zero-order valence-electron chi connectivity index (χ0n) is 10.0. The predicted octanol–water partition coefficient (Wildman–Crippen LogP) is 3.26. The molecule has 0 aromatic carbocycles. The van der Waals surface area contributed by atoms with Crippen LogP contribution in [0.2, 0.25) is 0 Å². The van der Waals surface area contributed by atoms with Crippen LogP contribution in [0.1, 0.15) is 20.3 Å². The number of halogens is 5. The van der Waals surface area contributed by atoms with Crippen molar-refractivity contribution >= 4 is 0 Å². The van der Waals surface area contributed by atoms with Gasteiger partial charge in [0.05, 0.1) is 13.2 Å². The van der Waals surface area contributed by atoms with E-state index in [2.05, 4.69) is 4.74 Å². The molecule has 7 heteroatoms. The second kappa shape index (κ2) is 5.95. The fraction of sp³-hybridized carbons (Fsp3) is 1.00. The molecule has 0 bridgehead atoms. The minimum Gasteiger partial charge on any atom is -0.384 e. The fourth-order valence-corrected chi connectivity index (χ4v) is 1.10. The van der Waals surface area contributed by atoms with Gasteiger partial charge in [0.25, 0.3) is 0 Å². The topological polar surface area (TPSA) is 18.5 Å². The Bertz CT molecular complexity index is 229. The summed E-state index contributed by atoms with van der Waals surface area (Å²) in [7, 11) is 1.43. The van der Waals surface area contributed by atoms with Crippen molar-refractivity contribution in [2.45, 2.75) is 32.4 Å². The summed E-state index contributed by atoms with van der Waals surface area (Å²) >= 11 is 0. The third kappa shape index (κ3) is 5.16. The van der Waals surface area contributed by atoms with E-state index in [0.29, 0.717) is 6.42 Å².